The monoisotopic (exact) mass is 161 g/mol. The standard InChI is InChI=1S/C12H17/c1-10-6-4-2-3-5-7-11-8-9-12(10)11/h2,4,6,11-12H,1,3,5,7-9H2/b6-4-. The summed E-state index contributed by atoms with van der Waals surface area (Å²) >= 11 is 0. The first kappa shape index (κ1) is 8.10. The quantitative estimate of drug-likeness (QED) is 0.510. The molecule has 2 rings (SSSR count). The Morgan fingerprint density at radius 1 is 1.25 bits per heavy atom. The molecule has 0 bridgehead atoms. The average molecular weight is 161 g/mol. The lowest BCUT2D eigenvalue weighted by Crippen LogP contribution is -2.26. The highest BCUT2D eigenvalue weighted by Gasteiger charge is 2.31. The predicted molar refractivity (Wildman–Crippen MR) is 52.6 cm³/mol. The van der Waals surface area contributed by atoms with Crippen molar-refractivity contribution in [3.05, 3.63) is 30.7 Å². The van der Waals surface area contributed by atoms with Gasteiger partial charge in [-0.05, 0) is 43.9 Å². The molecule has 0 saturated heterocycles. The van der Waals surface area contributed by atoms with Crippen molar-refractivity contribution in [3.8, 4) is 0 Å². The second-order valence-electron chi connectivity index (χ2n) is 4.04. The molecule has 0 aliphatic heterocycles. The Kier molecular flexibility index (Phi) is 2.34. The van der Waals surface area contributed by atoms with Crippen LogP contribution in [0.15, 0.2) is 24.3 Å². The van der Waals surface area contributed by atoms with E-state index in [-0.39, 0.29) is 0 Å². The van der Waals surface area contributed by atoms with Crippen LogP contribution in [-0.4, -0.2) is 0 Å². The number of hydrogen-bond acceptors (Lipinski definition) is 0. The summed E-state index contributed by atoms with van der Waals surface area (Å²) in [5, 5.41) is 0. The van der Waals surface area contributed by atoms with Crippen LogP contribution in [0.1, 0.15) is 32.1 Å². The Bertz CT molecular complexity index is 200. The van der Waals surface area contributed by atoms with Gasteiger partial charge < -0.3 is 0 Å². The van der Waals surface area contributed by atoms with Gasteiger partial charge in [-0.25, -0.2) is 0 Å². The van der Waals surface area contributed by atoms with Crippen LogP contribution in [0.3, 0.4) is 0 Å². The van der Waals surface area contributed by atoms with Crippen molar-refractivity contribution in [3.63, 3.8) is 0 Å². The van der Waals surface area contributed by atoms with E-state index in [1.165, 1.54) is 37.7 Å². The third-order valence-electron chi connectivity index (χ3n) is 3.29. The maximum absolute atomic E-state index is 4.13. The first-order chi connectivity index (χ1) is 5.88. The topological polar surface area (TPSA) is 0 Å². The molecule has 2 unspecified atom stereocenters. The highest BCUT2D eigenvalue weighted by molar-refractivity contribution is 5.23. The molecule has 2 aliphatic carbocycles. The Balaban J connectivity index is 2.03. The van der Waals surface area contributed by atoms with Gasteiger partial charge in [-0.2, -0.15) is 0 Å². The zero-order chi connectivity index (χ0) is 8.39. The van der Waals surface area contributed by atoms with Gasteiger partial charge in [0.25, 0.3) is 0 Å². The molecule has 0 aromatic carbocycles. The molecule has 12 heavy (non-hydrogen) atoms. The molecule has 0 nitrogen and oxygen atoms in total. The summed E-state index contributed by atoms with van der Waals surface area (Å²) < 4.78 is 0. The first-order valence-corrected chi connectivity index (χ1v) is 5.06. The summed E-state index contributed by atoms with van der Waals surface area (Å²) in [6.07, 6.45) is 13.5. The SMILES string of the molecule is C=C1/C=C\[CH]CCCC2CCC12. The second-order valence-corrected chi connectivity index (χ2v) is 4.04. The summed E-state index contributed by atoms with van der Waals surface area (Å²) in [6.45, 7) is 4.13. The van der Waals surface area contributed by atoms with E-state index in [4.69, 9.17) is 0 Å². The van der Waals surface area contributed by atoms with Gasteiger partial charge in [-0.1, -0.05) is 30.7 Å². The number of allylic oxidation sites excluding steroid dienone is 3. The highest BCUT2D eigenvalue weighted by Crippen LogP contribution is 2.42. The van der Waals surface area contributed by atoms with Gasteiger partial charge in [0.15, 0.2) is 0 Å². The van der Waals surface area contributed by atoms with Crippen molar-refractivity contribution in [2.45, 2.75) is 32.1 Å². The van der Waals surface area contributed by atoms with Crippen molar-refractivity contribution < 1.29 is 0 Å². The third-order valence-corrected chi connectivity index (χ3v) is 3.29. The van der Waals surface area contributed by atoms with Gasteiger partial charge in [-0.15, -0.1) is 0 Å². The fourth-order valence-electron chi connectivity index (χ4n) is 2.31. The first-order valence-electron chi connectivity index (χ1n) is 5.06. The zero-order valence-corrected chi connectivity index (χ0v) is 7.63. The summed E-state index contributed by atoms with van der Waals surface area (Å²) in [6, 6.07) is 0. The second kappa shape index (κ2) is 3.47. The Morgan fingerprint density at radius 3 is 2.92 bits per heavy atom. The number of hydrogen-bond donors (Lipinski definition) is 0. The van der Waals surface area contributed by atoms with Crippen molar-refractivity contribution in [2.24, 2.45) is 11.8 Å². The lowest BCUT2D eigenvalue weighted by Gasteiger charge is -2.37. The fraction of sp³-hybridized carbons (Fsp3) is 0.583. The van der Waals surface area contributed by atoms with Crippen molar-refractivity contribution in [2.75, 3.05) is 0 Å². The molecule has 0 aromatic rings. The van der Waals surface area contributed by atoms with Crippen LogP contribution in [0.2, 0.25) is 0 Å². The predicted octanol–water partition coefficient (Wildman–Crippen LogP) is 3.51. The lowest BCUT2D eigenvalue weighted by atomic mass is 9.68. The van der Waals surface area contributed by atoms with Crippen LogP contribution in [0.4, 0.5) is 0 Å². The molecule has 0 amide bonds. The molecular weight excluding hydrogens is 144 g/mol. The molecule has 0 heterocycles. The molecule has 65 valence electrons. The average Bonchev–Trinajstić information content (AvgIpc) is 2.03. The van der Waals surface area contributed by atoms with Crippen LogP contribution in [0.25, 0.3) is 0 Å². The molecule has 0 spiro atoms. The molecule has 1 saturated carbocycles. The Morgan fingerprint density at radius 2 is 2.17 bits per heavy atom. The molecule has 0 aromatic heterocycles. The van der Waals surface area contributed by atoms with E-state index in [1.807, 2.05) is 0 Å². The normalized spacial score (nSPS) is 38.5. The minimum Gasteiger partial charge on any atom is -0.0956 e. The van der Waals surface area contributed by atoms with E-state index < -0.39 is 0 Å². The maximum Gasteiger partial charge on any atom is -0.0139 e. The smallest absolute Gasteiger partial charge is 0.0139 e. The summed E-state index contributed by atoms with van der Waals surface area (Å²) in [7, 11) is 0. The minimum absolute atomic E-state index is 0.827. The van der Waals surface area contributed by atoms with Crippen LogP contribution in [0.5, 0.6) is 0 Å². The number of fused-ring (bicyclic) bond motifs is 1. The van der Waals surface area contributed by atoms with Crippen molar-refractivity contribution in [1.29, 1.82) is 0 Å². The van der Waals surface area contributed by atoms with Gasteiger partial charge in [0.1, 0.15) is 0 Å². The van der Waals surface area contributed by atoms with Crippen LogP contribution < -0.4 is 0 Å². The van der Waals surface area contributed by atoms with Gasteiger partial charge in [-0.3, -0.25) is 0 Å². The Hall–Kier alpha value is -0.520. The van der Waals surface area contributed by atoms with E-state index in [2.05, 4.69) is 25.2 Å². The van der Waals surface area contributed by atoms with Gasteiger partial charge in [0.2, 0.25) is 0 Å². The third kappa shape index (κ3) is 1.48. The summed E-state index contributed by atoms with van der Waals surface area (Å²) in [5.41, 5.74) is 1.37. The Labute approximate surface area is 75.4 Å². The largest absolute Gasteiger partial charge is 0.0956 e. The summed E-state index contributed by atoms with van der Waals surface area (Å²) in [4.78, 5) is 0. The van der Waals surface area contributed by atoms with Gasteiger partial charge in [0, 0.05) is 0 Å². The van der Waals surface area contributed by atoms with E-state index in [0.717, 1.165) is 11.8 Å². The molecular formula is C12H17. The maximum atomic E-state index is 4.13. The van der Waals surface area contributed by atoms with E-state index in [0.29, 0.717) is 0 Å². The van der Waals surface area contributed by atoms with E-state index >= 15 is 0 Å². The minimum atomic E-state index is 0.827. The van der Waals surface area contributed by atoms with Gasteiger partial charge in [0.05, 0.1) is 0 Å². The summed E-state index contributed by atoms with van der Waals surface area (Å²) in [5.74, 6) is 1.79. The van der Waals surface area contributed by atoms with Crippen molar-refractivity contribution >= 4 is 0 Å². The lowest BCUT2D eigenvalue weighted by molar-refractivity contribution is 0.201. The molecule has 0 N–H and O–H groups in total. The number of rotatable bonds is 0. The molecule has 2 atom stereocenters. The molecule has 2 aliphatic rings. The molecule has 1 fully saturated rings. The molecule has 0 heteroatoms. The molecule has 1 radical (unpaired) electrons. The van der Waals surface area contributed by atoms with E-state index in [9.17, 15) is 0 Å². The fourth-order valence-corrected chi connectivity index (χ4v) is 2.31. The van der Waals surface area contributed by atoms with E-state index in [1.54, 1.807) is 0 Å². The highest BCUT2D eigenvalue weighted by atomic mass is 14.4. The van der Waals surface area contributed by atoms with Gasteiger partial charge >= 0.3 is 0 Å². The van der Waals surface area contributed by atoms with Crippen LogP contribution in [0, 0.1) is 18.3 Å². The van der Waals surface area contributed by atoms with Crippen LogP contribution >= 0.6 is 0 Å². The van der Waals surface area contributed by atoms with Crippen LogP contribution in [-0.2, 0) is 0 Å². The van der Waals surface area contributed by atoms with Crippen molar-refractivity contribution in [1.82, 2.24) is 0 Å². The zero-order valence-electron chi connectivity index (χ0n) is 7.63.